The Balaban J connectivity index is 0.000000261. The van der Waals surface area contributed by atoms with Gasteiger partial charge in [0.1, 0.15) is 24.4 Å². The van der Waals surface area contributed by atoms with Crippen LogP contribution in [0.3, 0.4) is 0 Å². The molecule has 600 valence electrons. The van der Waals surface area contributed by atoms with Crippen molar-refractivity contribution < 1.29 is 219 Å². The predicted octanol–water partition coefficient (Wildman–Crippen LogP) is 2.51. The average molecular weight is 1600 g/mol. The van der Waals surface area contributed by atoms with Gasteiger partial charge in [0, 0.05) is 25.7 Å². The first-order chi connectivity index (χ1) is 53.2. The van der Waals surface area contributed by atoms with Crippen molar-refractivity contribution in [3.05, 3.63) is 142 Å². The molecule has 0 spiro atoms. The highest BCUT2D eigenvalue weighted by atomic mass is 16.6. The van der Waals surface area contributed by atoms with Crippen molar-refractivity contribution in [3.63, 3.8) is 0 Å². The number of carbonyl (C=O) groups excluding carboxylic acids is 8. The summed E-state index contributed by atoms with van der Waals surface area (Å²) in [5.74, 6) is -40.4. The molecule has 2 aliphatic carbocycles. The van der Waals surface area contributed by atoms with E-state index in [-0.39, 0.29) is 0 Å². The zero-order valence-corrected chi connectivity index (χ0v) is 56.5. The Labute approximate surface area is 629 Å². The Morgan fingerprint density at radius 2 is 0.412 bits per heavy atom. The molecule has 0 bridgehead atoms. The molecule has 44 heteroatoms. The van der Waals surface area contributed by atoms with Crippen LogP contribution in [0.1, 0.15) is 109 Å². The minimum atomic E-state index is -2.95. The van der Waals surface area contributed by atoms with Crippen molar-refractivity contribution in [2.75, 3.05) is 0 Å². The SMILES string of the molecule is O=C(Oc1c(O)cc(C(=O)O[C@@H]2C[C@](O)(C(=O)O)C[C@@H](OC(=O)c3cc(O)c(O)c(O)c3)[C@H]2OC(=O)c2cc(O)c(O)c(O)c2)cc1O)c1cc(O)c(O)c(O)c1.O=C(Oc1cc(C(=O)O[C@@H]2C[C@](O)(C(=O)O)C[C@@H](OC(=O)c3cc(O)c(O)c(O)c3)[C@H]2OC(=O)c2cc(O)c(O)c(O)c2)cc(O)c1O)c1cc(O)c(O)c(O)c1. The topological polar surface area (TPSA) is 771 Å². The largest absolute Gasteiger partial charge is 0.504 e. The molecule has 8 aromatic rings. The van der Waals surface area contributed by atoms with Crippen LogP contribution in [0.15, 0.2) is 97.1 Å². The summed E-state index contributed by atoms with van der Waals surface area (Å²) in [6, 6.07) is 9.82. The van der Waals surface area contributed by atoms with Crippen molar-refractivity contribution in [1.29, 1.82) is 0 Å². The van der Waals surface area contributed by atoms with Crippen LogP contribution in [0.4, 0.5) is 0 Å². The van der Waals surface area contributed by atoms with Crippen molar-refractivity contribution in [2.24, 2.45) is 0 Å². The highest BCUT2D eigenvalue weighted by molar-refractivity contribution is 5.98. The van der Waals surface area contributed by atoms with Gasteiger partial charge in [-0.3, -0.25) is 0 Å². The minimum Gasteiger partial charge on any atom is -0.504 e. The van der Waals surface area contributed by atoms with Crippen molar-refractivity contribution in [3.8, 4) is 138 Å². The number of aliphatic hydroxyl groups is 2. The third-order valence-corrected chi connectivity index (χ3v) is 16.7. The molecular weight excluding hydrogens is 1540 g/mol. The average Bonchev–Trinajstić information content (AvgIpc) is 0.778. The number of carboxylic acid groups (broad SMARTS) is 2. The summed E-state index contributed by atoms with van der Waals surface area (Å²) in [5.41, 5.74) is -11.3. The number of benzene rings is 8. The molecule has 44 nitrogen and oxygen atoms in total. The Bertz CT molecular complexity index is 5150. The first kappa shape index (κ1) is 82.0. The van der Waals surface area contributed by atoms with Crippen LogP contribution in [-0.2, 0) is 38.0 Å². The van der Waals surface area contributed by atoms with E-state index in [0.717, 1.165) is 0 Å². The highest BCUT2D eigenvalue weighted by Gasteiger charge is 2.57. The number of phenolic OH excluding ortho intramolecular Hbond substituents is 22. The van der Waals surface area contributed by atoms with Crippen LogP contribution >= 0.6 is 0 Å². The van der Waals surface area contributed by atoms with E-state index in [9.17, 15) is 181 Å². The van der Waals surface area contributed by atoms with E-state index in [1.54, 1.807) is 0 Å². The fraction of sp³-hybridized carbons (Fsp3) is 0.171. The van der Waals surface area contributed by atoms with Gasteiger partial charge in [-0.25, -0.2) is 47.9 Å². The predicted molar refractivity (Wildman–Crippen MR) is 357 cm³/mol. The maximum absolute atomic E-state index is 13.6. The lowest BCUT2D eigenvalue weighted by atomic mass is 9.79. The second kappa shape index (κ2) is 31.7. The van der Waals surface area contributed by atoms with E-state index >= 15 is 0 Å². The number of hydrogen-bond acceptors (Lipinski definition) is 42. The highest BCUT2D eigenvalue weighted by Crippen LogP contribution is 2.47. The van der Waals surface area contributed by atoms with Gasteiger partial charge >= 0.3 is 59.7 Å². The monoisotopic (exact) mass is 1600 g/mol. The van der Waals surface area contributed by atoms with E-state index in [1.165, 1.54) is 0 Å². The second-order valence-corrected chi connectivity index (χ2v) is 24.6. The second-order valence-electron chi connectivity index (χ2n) is 24.6. The first-order valence-electron chi connectivity index (χ1n) is 31.4. The van der Waals surface area contributed by atoms with Gasteiger partial charge in [-0.2, -0.15) is 0 Å². The quantitative estimate of drug-likeness (QED) is 0.0254. The maximum atomic E-state index is 13.6. The lowest BCUT2D eigenvalue weighted by Gasteiger charge is -2.42. The molecule has 26 N–H and O–H groups in total. The fourth-order valence-electron chi connectivity index (χ4n) is 11.0. The number of carboxylic acids is 2. The fourth-order valence-corrected chi connectivity index (χ4v) is 11.0. The van der Waals surface area contributed by atoms with E-state index < -0.39 is 316 Å². The maximum Gasteiger partial charge on any atom is 0.344 e. The minimum absolute atomic E-state index is 0.559. The molecule has 2 saturated carbocycles. The lowest BCUT2D eigenvalue weighted by Crippen LogP contribution is -2.59. The molecule has 0 radical (unpaired) electrons. The molecular formula is C70H56O44. The van der Waals surface area contributed by atoms with Gasteiger partial charge in [0.15, 0.2) is 150 Å². The summed E-state index contributed by atoms with van der Waals surface area (Å²) in [6.07, 6.45) is -17.2. The molecule has 8 aromatic carbocycles. The normalized spacial score (nSPS) is 18.9. The first-order valence-corrected chi connectivity index (χ1v) is 31.4. The molecule has 0 amide bonds. The van der Waals surface area contributed by atoms with Gasteiger partial charge < -0.3 is 171 Å². The zero-order chi connectivity index (χ0) is 84.5. The molecule has 114 heavy (non-hydrogen) atoms. The van der Waals surface area contributed by atoms with Crippen molar-refractivity contribution >= 4 is 59.7 Å². The molecule has 8 atom stereocenters. The van der Waals surface area contributed by atoms with Crippen LogP contribution in [-0.4, -0.2) is 240 Å². The number of ether oxygens (including phenoxy) is 8. The summed E-state index contributed by atoms with van der Waals surface area (Å²) in [6.45, 7) is 0. The summed E-state index contributed by atoms with van der Waals surface area (Å²) >= 11 is 0. The molecule has 0 saturated heterocycles. The van der Waals surface area contributed by atoms with E-state index in [1.807, 2.05) is 0 Å². The molecule has 0 aliphatic heterocycles. The molecule has 2 aliphatic rings. The standard InChI is InChI=1S/2C35H28O22/c36-15-1-11(2-16(37)25(15)44)30(47)54-23-9-35(53,34(51)52)10-24(29(23)57-33(50)13-5-19(40)27(46)20(41)6-13)55-31(48)14-7-21(42)28(22(43)8-14)56-32(49)12-3-17(38)26(45)18(39)4-12;36-15-1-11(2-16(37)25(15)43)30(47)54-22-8-14(7-21(42)28(22)46)32(49)56-24-10-35(53,34(51)52)9-23(55-31(48)12-3-17(38)26(44)18(39)4-12)29(24)57-33(50)13-5-19(40)27(45)20(41)6-13/h2*1-8,23-24,29,36-46,53H,9-10H2,(H,51,52)/t2*23-,24-,29-,35+/m11/s1. The Morgan fingerprint density at radius 3 is 0.632 bits per heavy atom. The van der Waals surface area contributed by atoms with Crippen LogP contribution in [0, 0.1) is 0 Å². The van der Waals surface area contributed by atoms with E-state index in [4.69, 9.17) is 37.9 Å². The van der Waals surface area contributed by atoms with Crippen molar-refractivity contribution in [2.45, 2.75) is 73.5 Å². The zero-order valence-electron chi connectivity index (χ0n) is 56.5. The van der Waals surface area contributed by atoms with Crippen LogP contribution < -0.4 is 9.47 Å². The number of aliphatic carboxylic acids is 2. The third-order valence-electron chi connectivity index (χ3n) is 16.7. The van der Waals surface area contributed by atoms with Gasteiger partial charge in [0.05, 0.1) is 44.5 Å². The molecule has 0 aromatic heterocycles. The van der Waals surface area contributed by atoms with Crippen molar-refractivity contribution in [1.82, 2.24) is 0 Å². The third kappa shape index (κ3) is 17.3. The molecule has 0 unspecified atom stereocenters. The van der Waals surface area contributed by atoms with Crippen LogP contribution in [0.25, 0.3) is 0 Å². The number of esters is 8. The number of phenols is 22. The Kier molecular flexibility index (Phi) is 22.8. The summed E-state index contributed by atoms with van der Waals surface area (Å²) in [7, 11) is 0. The lowest BCUT2D eigenvalue weighted by molar-refractivity contribution is -0.188. The van der Waals surface area contributed by atoms with Gasteiger partial charge in [-0.1, -0.05) is 0 Å². The number of hydrogen-bond donors (Lipinski definition) is 26. The smallest absolute Gasteiger partial charge is 0.344 e. The summed E-state index contributed by atoms with van der Waals surface area (Å²) in [5, 5.41) is 260. The Hall–Kier alpha value is -16.0. The molecule has 0 heterocycles. The summed E-state index contributed by atoms with van der Waals surface area (Å²) < 4.78 is 42.0. The van der Waals surface area contributed by atoms with Gasteiger partial charge in [-0.15, -0.1) is 0 Å². The number of aromatic hydroxyl groups is 22. The number of rotatable bonds is 18. The van der Waals surface area contributed by atoms with Gasteiger partial charge in [-0.05, 0) is 97.1 Å². The van der Waals surface area contributed by atoms with Gasteiger partial charge in [0.2, 0.25) is 11.5 Å². The Morgan fingerprint density at radius 1 is 0.237 bits per heavy atom. The van der Waals surface area contributed by atoms with E-state index in [2.05, 4.69) is 0 Å². The van der Waals surface area contributed by atoms with E-state index in [0.29, 0.717) is 97.1 Å². The summed E-state index contributed by atoms with van der Waals surface area (Å²) in [4.78, 5) is 130. The number of carbonyl (C=O) groups is 10. The molecule has 2 fully saturated rings. The van der Waals surface area contributed by atoms with Gasteiger partial charge in [0.25, 0.3) is 0 Å². The van der Waals surface area contributed by atoms with Crippen LogP contribution in [0.2, 0.25) is 0 Å². The van der Waals surface area contributed by atoms with Crippen LogP contribution in [0.5, 0.6) is 138 Å². The molecule has 10 rings (SSSR count).